The molecule has 0 radical (unpaired) electrons. The van der Waals surface area contributed by atoms with Gasteiger partial charge in [-0.05, 0) is 44.6 Å². The second-order valence-electron chi connectivity index (χ2n) is 6.46. The zero-order valence-corrected chi connectivity index (χ0v) is 12.5. The largest absolute Gasteiger partial charge is 0.310 e. The Kier molecular flexibility index (Phi) is 5.97. The van der Waals surface area contributed by atoms with Crippen molar-refractivity contribution in [3.05, 3.63) is 0 Å². The van der Waals surface area contributed by atoms with E-state index >= 15 is 0 Å². The highest BCUT2D eigenvalue weighted by Crippen LogP contribution is 2.23. The first-order valence-electron chi connectivity index (χ1n) is 8.30. The molecule has 18 heavy (non-hydrogen) atoms. The quantitative estimate of drug-likeness (QED) is 0.712. The molecule has 0 aromatic carbocycles. The third kappa shape index (κ3) is 4.89. The molecule has 2 fully saturated rings. The van der Waals surface area contributed by atoms with Gasteiger partial charge in [-0.3, -0.25) is 0 Å². The van der Waals surface area contributed by atoms with Crippen molar-refractivity contribution in [3.63, 3.8) is 0 Å². The summed E-state index contributed by atoms with van der Waals surface area (Å²) in [5.41, 5.74) is 0. The second kappa shape index (κ2) is 7.49. The Morgan fingerprint density at radius 1 is 1.17 bits per heavy atom. The molecule has 0 bridgehead atoms. The molecule has 2 nitrogen and oxygen atoms in total. The monoisotopic (exact) mass is 252 g/mol. The number of nitrogens with one attached hydrogen (secondary N) is 1. The molecule has 1 N–H and O–H groups in total. The summed E-state index contributed by atoms with van der Waals surface area (Å²) in [4.78, 5) is 2.73. The molecule has 1 aliphatic carbocycles. The SMILES string of the molecule is CCCCC(CC)CN1CCCC(NC2CC2)C1. The van der Waals surface area contributed by atoms with Gasteiger partial charge in [0, 0.05) is 25.2 Å². The van der Waals surface area contributed by atoms with Crippen molar-refractivity contribution in [1.82, 2.24) is 10.2 Å². The smallest absolute Gasteiger partial charge is 0.0198 e. The van der Waals surface area contributed by atoms with Crippen LogP contribution in [-0.4, -0.2) is 36.6 Å². The van der Waals surface area contributed by atoms with E-state index in [0.717, 1.165) is 18.0 Å². The molecule has 2 aliphatic rings. The van der Waals surface area contributed by atoms with E-state index in [4.69, 9.17) is 0 Å². The van der Waals surface area contributed by atoms with E-state index in [-0.39, 0.29) is 0 Å². The normalized spacial score (nSPS) is 27.3. The fourth-order valence-corrected chi connectivity index (χ4v) is 3.22. The molecule has 2 rings (SSSR count). The van der Waals surface area contributed by atoms with Crippen LogP contribution in [0.4, 0.5) is 0 Å². The fourth-order valence-electron chi connectivity index (χ4n) is 3.22. The fraction of sp³-hybridized carbons (Fsp3) is 1.00. The number of piperidine rings is 1. The molecule has 0 amide bonds. The number of nitrogens with zero attached hydrogens (tertiary/aromatic N) is 1. The molecule has 1 heterocycles. The molecule has 2 atom stereocenters. The Morgan fingerprint density at radius 2 is 2.00 bits per heavy atom. The predicted octanol–water partition coefficient (Wildman–Crippen LogP) is 3.42. The van der Waals surface area contributed by atoms with Crippen LogP contribution < -0.4 is 5.32 Å². The molecular formula is C16H32N2. The first kappa shape index (κ1) is 14.3. The van der Waals surface area contributed by atoms with E-state index in [1.54, 1.807) is 0 Å². The molecule has 0 aromatic heterocycles. The Balaban J connectivity index is 1.69. The molecule has 106 valence electrons. The number of likely N-dealkylation sites (tertiary alicyclic amines) is 1. The van der Waals surface area contributed by atoms with Crippen molar-refractivity contribution in [3.8, 4) is 0 Å². The Hall–Kier alpha value is -0.0800. The number of unbranched alkanes of at least 4 members (excludes halogenated alkanes) is 1. The van der Waals surface area contributed by atoms with Crippen molar-refractivity contribution in [2.75, 3.05) is 19.6 Å². The minimum atomic E-state index is 0.787. The van der Waals surface area contributed by atoms with Gasteiger partial charge in [0.05, 0.1) is 0 Å². The summed E-state index contributed by atoms with van der Waals surface area (Å²) in [7, 11) is 0. The van der Waals surface area contributed by atoms with Gasteiger partial charge in [-0.1, -0.05) is 33.1 Å². The van der Waals surface area contributed by atoms with Crippen molar-refractivity contribution in [1.29, 1.82) is 0 Å². The van der Waals surface area contributed by atoms with E-state index in [1.807, 2.05) is 0 Å². The lowest BCUT2D eigenvalue weighted by molar-refractivity contribution is 0.158. The zero-order chi connectivity index (χ0) is 12.8. The number of rotatable bonds is 8. The summed E-state index contributed by atoms with van der Waals surface area (Å²) in [5, 5.41) is 3.82. The van der Waals surface area contributed by atoms with Gasteiger partial charge in [-0.25, -0.2) is 0 Å². The zero-order valence-electron chi connectivity index (χ0n) is 12.5. The van der Waals surface area contributed by atoms with E-state index in [9.17, 15) is 0 Å². The van der Waals surface area contributed by atoms with E-state index in [1.165, 1.54) is 71.0 Å². The molecular weight excluding hydrogens is 220 g/mol. The van der Waals surface area contributed by atoms with E-state index < -0.39 is 0 Å². The maximum absolute atomic E-state index is 3.82. The van der Waals surface area contributed by atoms with Crippen LogP contribution in [0, 0.1) is 5.92 Å². The third-order valence-electron chi connectivity index (χ3n) is 4.61. The first-order valence-corrected chi connectivity index (χ1v) is 8.30. The lowest BCUT2D eigenvalue weighted by Crippen LogP contribution is -2.47. The molecule has 1 saturated heterocycles. The summed E-state index contributed by atoms with van der Waals surface area (Å²) >= 11 is 0. The van der Waals surface area contributed by atoms with Crippen LogP contribution >= 0.6 is 0 Å². The summed E-state index contributed by atoms with van der Waals surface area (Å²) in [6.45, 7) is 8.66. The van der Waals surface area contributed by atoms with Crippen molar-refractivity contribution < 1.29 is 0 Å². The van der Waals surface area contributed by atoms with Gasteiger partial charge < -0.3 is 10.2 Å². The van der Waals surface area contributed by atoms with Crippen LogP contribution in [-0.2, 0) is 0 Å². The number of hydrogen-bond donors (Lipinski definition) is 1. The minimum absolute atomic E-state index is 0.787. The van der Waals surface area contributed by atoms with Crippen molar-refractivity contribution in [2.45, 2.75) is 77.3 Å². The van der Waals surface area contributed by atoms with Crippen LogP contribution in [0.25, 0.3) is 0 Å². The molecule has 0 aromatic rings. The maximum atomic E-state index is 3.82. The summed E-state index contributed by atoms with van der Waals surface area (Å²) in [6.07, 6.45) is 11.2. The Bertz CT molecular complexity index is 225. The van der Waals surface area contributed by atoms with Crippen LogP contribution in [0.2, 0.25) is 0 Å². The van der Waals surface area contributed by atoms with Gasteiger partial charge in [0.25, 0.3) is 0 Å². The van der Waals surface area contributed by atoms with Crippen LogP contribution in [0.3, 0.4) is 0 Å². The minimum Gasteiger partial charge on any atom is -0.310 e. The highest BCUT2D eigenvalue weighted by molar-refractivity contribution is 4.88. The molecule has 0 spiro atoms. The number of hydrogen-bond acceptors (Lipinski definition) is 2. The van der Waals surface area contributed by atoms with Gasteiger partial charge in [0.2, 0.25) is 0 Å². The highest BCUT2D eigenvalue weighted by atomic mass is 15.2. The van der Waals surface area contributed by atoms with E-state index in [2.05, 4.69) is 24.1 Å². The summed E-state index contributed by atoms with van der Waals surface area (Å²) in [6, 6.07) is 1.66. The van der Waals surface area contributed by atoms with Crippen LogP contribution in [0.1, 0.15) is 65.2 Å². The van der Waals surface area contributed by atoms with Crippen molar-refractivity contribution >= 4 is 0 Å². The predicted molar refractivity (Wildman–Crippen MR) is 78.9 cm³/mol. The second-order valence-corrected chi connectivity index (χ2v) is 6.46. The third-order valence-corrected chi connectivity index (χ3v) is 4.61. The first-order chi connectivity index (χ1) is 8.81. The molecule has 2 heteroatoms. The van der Waals surface area contributed by atoms with Gasteiger partial charge in [-0.15, -0.1) is 0 Å². The average molecular weight is 252 g/mol. The topological polar surface area (TPSA) is 15.3 Å². The molecule has 1 aliphatic heterocycles. The van der Waals surface area contributed by atoms with Gasteiger partial charge in [-0.2, -0.15) is 0 Å². The van der Waals surface area contributed by atoms with Gasteiger partial charge >= 0.3 is 0 Å². The molecule has 2 unspecified atom stereocenters. The standard InChI is InChI=1S/C16H32N2/c1-3-5-7-14(4-2)12-18-11-6-8-16(13-18)17-15-9-10-15/h14-17H,3-13H2,1-2H3. The van der Waals surface area contributed by atoms with Crippen molar-refractivity contribution in [2.24, 2.45) is 5.92 Å². The summed E-state index contributed by atoms with van der Waals surface area (Å²) < 4.78 is 0. The van der Waals surface area contributed by atoms with Gasteiger partial charge in [0.1, 0.15) is 0 Å². The lowest BCUT2D eigenvalue weighted by Gasteiger charge is -2.35. The van der Waals surface area contributed by atoms with Crippen LogP contribution in [0.5, 0.6) is 0 Å². The lowest BCUT2D eigenvalue weighted by atomic mass is 9.97. The van der Waals surface area contributed by atoms with E-state index in [0.29, 0.717) is 0 Å². The Labute approximate surface area is 114 Å². The maximum Gasteiger partial charge on any atom is 0.0198 e. The summed E-state index contributed by atoms with van der Waals surface area (Å²) in [5.74, 6) is 0.935. The van der Waals surface area contributed by atoms with Gasteiger partial charge in [0.15, 0.2) is 0 Å². The molecule has 1 saturated carbocycles. The highest BCUT2D eigenvalue weighted by Gasteiger charge is 2.28. The average Bonchev–Trinajstić information content (AvgIpc) is 3.19. The van der Waals surface area contributed by atoms with Crippen LogP contribution in [0.15, 0.2) is 0 Å². The Morgan fingerprint density at radius 3 is 2.67 bits per heavy atom.